The maximum atomic E-state index is 12.2. The number of halogens is 2. The van der Waals surface area contributed by atoms with Crippen molar-refractivity contribution in [1.29, 1.82) is 0 Å². The maximum absolute atomic E-state index is 12.2. The molecule has 3 nitrogen and oxygen atoms in total. The van der Waals surface area contributed by atoms with Crippen molar-refractivity contribution >= 4 is 0 Å². The number of H-pyrrole nitrogens is 1. The minimum absolute atomic E-state index is 0.0235. The summed E-state index contributed by atoms with van der Waals surface area (Å²) in [6.07, 6.45) is 0.634. The number of benzene rings is 1. The van der Waals surface area contributed by atoms with E-state index in [1.165, 1.54) is 6.07 Å². The first-order valence-corrected chi connectivity index (χ1v) is 5.03. The monoisotopic (exact) mass is 239 g/mol. The van der Waals surface area contributed by atoms with Crippen LogP contribution in [0, 0.1) is 0 Å². The molecule has 1 aromatic carbocycles. The Morgan fingerprint density at radius 1 is 1.12 bits per heavy atom. The summed E-state index contributed by atoms with van der Waals surface area (Å²) in [5, 5.41) is 10.0. The Morgan fingerprint density at radius 3 is 2.53 bits per heavy atom. The van der Waals surface area contributed by atoms with E-state index in [-0.39, 0.29) is 5.75 Å². The number of hydrogen-bond acceptors (Lipinski definition) is 2. The molecule has 0 aliphatic carbocycles. The number of aromatic amines is 1. The fourth-order valence-electron chi connectivity index (χ4n) is 1.59. The second kappa shape index (κ2) is 4.97. The molecule has 0 radical (unpaired) electrons. The van der Waals surface area contributed by atoms with Crippen LogP contribution in [0.1, 0.15) is 17.4 Å². The van der Waals surface area contributed by atoms with E-state index >= 15 is 0 Å². The van der Waals surface area contributed by atoms with Crippen molar-refractivity contribution in [3.8, 4) is 5.75 Å². The van der Waals surface area contributed by atoms with Gasteiger partial charge in [-0.1, -0.05) is 18.2 Å². The average Bonchev–Trinajstić information content (AvgIpc) is 2.81. The molecular weight excluding hydrogens is 228 g/mol. The second-order valence-electron chi connectivity index (χ2n) is 3.44. The van der Waals surface area contributed by atoms with Crippen molar-refractivity contribution in [2.45, 2.75) is 12.7 Å². The number of nitrogens with one attached hydrogen (secondary N) is 1. The van der Waals surface area contributed by atoms with Crippen LogP contribution in [-0.2, 0) is 0 Å². The Balaban J connectivity index is 2.31. The molecule has 1 atom stereocenters. The largest absolute Gasteiger partial charge is 0.434 e. The van der Waals surface area contributed by atoms with Crippen LogP contribution in [0.25, 0.3) is 0 Å². The zero-order valence-corrected chi connectivity index (χ0v) is 8.81. The van der Waals surface area contributed by atoms with Gasteiger partial charge >= 0.3 is 6.61 Å². The van der Waals surface area contributed by atoms with Crippen molar-refractivity contribution in [2.75, 3.05) is 0 Å². The predicted molar refractivity (Wildman–Crippen MR) is 57.9 cm³/mol. The van der Waals surface area contributed by atoms with E-state index in [4.69, 9.17) is 0 Å². The van der Waals surface area contributed by atoms with Crippen LogP contribution >= 0.6 is 0 Å². The van der Waals surface area contributed by atoms with Gasteiger partial charge in [-0.15, -0.1) is 0 Å². The lowest BCUT2D eigenvalue weighted by atomic mass is 10.1. The summed E-state index contributed by atoms with van der Waals surface area (Å²) >= 11 is 0. The standard InChI is InChI=1S/C12H11F2NO2/c13-12(14)17-10-6-2-1-4-8(10)11(16)9-5-3-7-15-9/h1-7,11-12,15-16H. The molecule has 1 unspecified atom stereocenters. The highest BCUT2D eigenvalue weighted by Crippen LogP contribution is 2.29. The fraction of sp³-hybridized carbons (Fsp3) is 0.167. The van der Waals surface area contributed by atoms with Gasteiger partial charge < -0.3 is 14.8 Å². The van der Waals surface area contributed by atoms with Gasteiger partial charge in [-0.2, -0.15) is 8.78 Å². The van der Waals surface area contributed by atoms with E-state index < -0.39 is 12.7 Å². The summed E-state index contributed by atoms with van der Waals surface area (Å²) in [6.45, 7) is -2.91. The molecular formula is C12H11F2NO2. The summed E-state index contributed by atoms with van der Waals surface area (Å²) < 4.78 is 28.7. The Bertz CT molecular complexity index is 471. The number of hydrogen-bond donors (Lipinski definition) is 2. The molecule has 0 amide bonds. The van der Waals surface area contributed by atoms with E-state index in [1.807, 2.05) is 0 Å². The van der Waals surface area contributed by atoms with Crippen molar-refractivity contribution in [3.05, 3.63) is 53.9 Å². The smallest absolute Gasteiger partial charge is 0.387 e. The van der Waals surface area contributed by atoms with E-state index in [1.54, 1.807) is 36.5 Å². The molecule has 1 aromatic heterocycles. The summed E-state index contributed by atoms with van der Waals surface area (Å²) in [6, 6.07) is 9.55. The number of para-hydroxylation sites is 1. The highest BCUT2D eigenvalue weighted by molar-refractivity contribution is 5.38. The summed E-state index contributed by atoms with van der Waals surface area (Å²) in [5.41, 5.74) is 0.825. The maximum Gasteiger partial charge on any atom is 0.387 e. The van der Waals surface area contributed by atoms with Gasteiger partial charge in [0.15, 0.2) is 0 Å². The van der Waals surface area contributed by atoms with Gasteiger partial charge in [0.1, 0.15) is 11.9 Å². The van der Waals surface area contributed by atoms with Crippen molar-refractivity contribution in [2.24, 2.45) is 0 Å². The van der Waals surface area contributed by atoms with Crippen LogP contribution in [0.5, 0.6) is 5.75 Å². The van der Waals surface area contributed by atoms with E-state index in [2.05, 4.69) is 9.72 Å². The van der Waals surface area contributed by atoms with Gasteiger partial charge in [0, 0.05) is 17.5 Å². The minimum atomic E-state index is -2.91. The molecule has 0 saturated carbocycles. The molecule has 5 heteroatoms. The molecule has 0 aliphatic rings. The molecule has 2 rings (SSSR count). The topological polar surface area (TPSA) is 45.2 Å². The Labute approximate surface area is 96.7 Å². The summed E-state index contributed by atoms with van der Waals surface area (Å²) in [7, 11) is 0. The number of aromatic nitrogens is 1. The van der Waals surface area contributed by atoms with Gasteiger partial charge in [0.05, 0.1) is 0 Å². The Hall–Kier alpha value is -1.88. The van der Waals surface area contributed by atoms with Crippen molar-refractivity contribution in [3.63, 3.8) is 0 Å². The Morgan fingerprint density at radius 2 is 1.88 bits per heavy atom. The number of aliphatic hydroxyl groups excluding tert-OH is 1. The third-order valence-corrected chi connectivity index (χ3v) is 2.35. The van der Waals surface area contributed by atoms with Crippen LogP contribution < -0.4 is 4.74 Å². The first-order chi connectivity index (χ1) is 8.18. The van der Waals surface area contributed by atoms with Crippen molar-refractivity contribution < 1.29 is 18.6 Å². The lowest BCUT2D eigenvalue weighted by Crippen LogP contribution is -2.08. The van der Waals surface area contributed by atoms with E-state index in [0.717, 1.165) is 0 Å². The fourth-order valence-corrected chi connectivity index (χ4v) is 1.59. The highest BCUT2D eigenvalue weighted by atomic mass is 19.3. The molecule has 0 aliphatic heterocycles. The Kier molecular flexibility index (Phi) is 3.39. The molecule has 2 N–H and O–H groups in total. The molecule has 17 heavy (non-hydrogen) atoms. The molecule has 1 heterocycles. The third kappa shape index (κ3) is 2.62. The predicted octanol–water partition coefficient (Wildman–Crippen LogP) is 2.70. The number of alkyl halides is 2. The normalized spacial score (nSPS) is 12.7. The number of aliphatic hydroxyl groups is 1. The van der Waals surface area contributed by atoms with Gasteiger partial charge in [-0.25, -0.2) is 0 Å². The van der Waals surface area contributed by atoms with Crippen molar-refractivity contribution in [1.82, 2.24) is 4.98 Å². The molecule has 0 fully saturated rings. The van der Waals surface area contributed by atoms with Gasteiger partial charge in [0.2, 0.25) is 0 Å². The first-order valence-electron chi connectivity index (χ1n) is 5.03. The van der Waals surface area contributed by atoms with Crippen LogP contribution in [0.3, 0.4) is 0 Å². The third-order valence-electron chi connectivity index (χ3n) is 2.35. The molecule has 2 aromatic rings. The zero-order chi connectivity index (χ0) is 12.3. The summed E-state index contributed by atoms with van der Waals surface area (Å²) in [5.74, 6) is -0.0235. The average molecular weight is 239 g/mol. The quantitative estimate of drug-likeness (QED) is 0.861. The lowest BCUT2D eigenvalue weighted by Gasteiger charge is -2.14. The van der Waals surface area contributed by atoms with Gasteiger partial charge in [0.25, 0.3) is 0 Å². The zero-order valence-electron chi connectivity index (χ0n) is 8.81. The van der Waals surface area contributed by atoms with Crippen LogP contribution in [0.2, 0.25) is 0 Å². The van der Waals surface area contributed by atoms with Gasteiger partial charge in [-0.05, 0) is 18.2 Å². The molecule has 0 bridgehead atoms. The number of rotatable bonds is 4. The van der Waals surface area contributed by atoms with E-state index in [9.17, 15) is 13.9 Å². The molecule has 0 spiro atoms. The molecule has 0 saturated heterocycles. The minimum Gasteiger partial charge on any atom is -0.434 e. The molecule has 90 valence electrons. The first kappa shape index (κ1) is 11.6. The van der Waals surface area contributed by atoms with Crippen LogP contribution in [-0.4, -0.2) is 16.7 Å². The van der Waals surface area contributed by atoms with Crippen LogP contribution in [0.4, 0.5) is 8.78 Å². The SMILES string of the molecule is OC(c1ccc[nH]1)c1ccccc1OC(F)F. The lowest BCUT2D eigenvalue weighted by molar-refractivity contribution is -0.0512. The van der Waals surface area contributed by atoms with Crippen LogP contribution in [0.15, 0.2) is 42.6 Å². The highest BCUT2D eigenvalue weighted by Gasteiger charge is 2.17. The van der Waals surface area contributed by atoms with E-state index in [0.29, 0.717) is 11.3 Å². The number of ether oxygens (including phenoxy) is 1. The van der Waals surface area contributed by atoms with Gasteiger partial charge in [-0.3, -0.25) is 0 Å². The second-order valence-corrected chi connectivity index (χ2v) is 3.44. The summed E-state index contributed by atoms with van der Waals surface area (Å²) in [4.78, 5) is 2.82.